The maximum atomic E-state index is 5.66. The first-order valence-corrected chi connectivity index (χ1v) is 9.65. The van der Waals surface area contributed by atoms with E-state index in [0.717, 1.165) is 36.8 Å². The maximum Gasteiger partial charge on any atom is 0.173 e. The van der Waals surface area contributed by atoms with E-state index in [1.54, 1.807) is 21.3 Å². The fraction of sp³-hybridized carbons (Fsp3) is 0.381. The summed E-state index contributed by atoms with van der Waals surface area (Å²) < 4.78 is 16.0. The van der Waals surface area contributed by atoms with Crippen LogP contribution in [0.2, 0.25) is 0 Å². The standard InChI is InChI=1S/C21H27N3O3S/c1-15-14-23(11-12-24(15)16-5-7-17(25-2)8-6-16)21(28)22-19-10-9-18(26-3)13-20(19)27-4/h5-10,13,15H,11-12,14H2,1-4H3,(H,22,28). The smallest absolute Gasteiger partial charge is 0.173 e. The second-order valence-electron chi connectivity index (χ2n) is 6.68. The van der Waals surface area contributed by atoms with Crippen LogP contribution in [0.1, 0.15) is 6.92 Å². The minimum Gasteiger partial charge on any atom is -0.497 e. The number of hydrogen-bond acceptors (Lipinski definition) is 5. The van der Waals surface area contributed by atoms with Gasteiger partial charge in [0, 0.05) is 37.4 Å². The highest BCUT2D eigenvalue weighted by atomic mass is 32.1. The lowest BCUT2D eigenvalue weighted by atomic mass is 10.1. The van der Waals surface area contributed by atoms with Crippen molar-refractivity contribution in [1.29, 1.82) is 0 Å². The monoisotopic (exact) mass is 401 g/mol. The molecule has 0 aromatic heterocycles. The van der Waals surface area contributed by atoms with Crippen LogP contribution in [0.4, 0.5) is 11.4 Å². The molecule has 2 aromatic rings. The summed E-state index contributed by atoms with van der Waals surface area (Å²) in [7, 11) is 4.96. The molecule has 0 amide bonds. The predicted octanol–water partition coefficient (Wildman–Crippen LogP) is 3.62. The third-order valence-electron chi connectivity index (χ3n) is 4.97. The SMILES string of the molecule is COc1ccc(N2CCN(C(=S)Nc3ccc(OC)cc3OC)CC2C)cc1. The van der Waals surface area contributed by atoms with Gasteiger partial charge in [0.2, 0.25) is 0 Å². The first-order valence-electron chi connectivity index (χ1n) is 9.24. The van der Waals surface area contributed by atoms with Crippen LogP contribution in [0.15, 0.2) is 42.5 Å². The summed E-state index contributed by atoms with van der Waals surface area (Å²) >= 11 is 5.66. The molecule has 3 rings (SSSR count). The van der Waals surface area contributed by atoms with Crippen LogP contribution in [-0.2, 0) is 0 Å². The zero-order valence-corrected chi connectivity index (χ0v) is 17.6. The minimum atomic E-state index is 0.333. The molecule has 0 saturated carbocycles. The lowest BCUT2D eigenvalue weighted by molar-refractivity contribution is 0.341. The second kappa shape index (κ2) is 9.01. The zero-order valence-electron chi connectivity index (χ0n) is 16.8. The Hall–Kier alpha value is -2.67. The van der Waals surface area contributed by atoms with Crippen molar-refractivity contribution in [3.8, 4) is 17.2 Å². The van der Waals surface area contributed by atoms with Crippen LogP contribution in [-0.4, -0.2) is 57.0 Å². The fourth-order valence-corrected chi connectivity index (χ4v) is 3.67. The number of nitrogens with one attached hydrogen (secondary N) is 1. The summed E-state index contributed by atoms with van der Waals surface area (Å²) in [6.45, 7) is 4.80. The van der Waals surface area contributed by atoms with E-state index < -0.39 is 0 Å². The van der Waals surface area contributed by atoms with Gasteiger partial charge in [0.1, 0.15) is 17.2 Å². The quantitative estimate of drug-likeness (QED) is 0.768. The van der Waals surface area contributed by atoms with Crippen molar-refractivity contribution >= 4 is 28.7 Å². The van der Waals surface area contributed by atoms with Crippen LogP contribution in [0, 0.1) is 0 Å². The highest BCUT2D eigenvalue weighted by molar-refractivity contribution is 7.80. The Morgan fingerprint density at radius 3 is 2.25 bits per heavy atom. The van der Waals surface area contributed by atoms with Crippen molar-refractivity contribution in [2.75, 3.05) is 51.2 Å². The van der Waals surface area contributed by atoms with Gasteiger partial charge in [-0.1, -0.05) is 0 Å². The fourth-order valence-electron chi connectivity index (χ4n) is 3.40. The van der Waals surface area contributed by atoms with Crippen molar-refractivity contribution in [2.24, 2.45) is 0 Å². The van der Waals surface area contributed by atoms with Gasteiger partial charge in [-0.25, -0.2) is 0 Å². The average molecular weight is 402 g/mol. The van der Waals surface area contributed by atoms with Crippen molar-refractivity contribution in [1.82, 2.24) is 4.90 Å². The van der Waals surface area contributed by atoms with E-state index in [4.69, 9.17) is 26.4 Å². The van der Waals surface area contributed by atoms with E-state index in [2.05, 4.69) is 34.2 Å². The molecule has 1 unspecified atom stereocenters. The first kappa shape index (κ1) is 20.1. The van der Waals surface area contributed by atoms with Gasteiger partial charge in [-0.15, -0.1) is 0 Å². The second-order valence-corrected chi connectivity index (χ2v) is 7.07. The van der Waals surface area contributed by atoms with Gasteiger partial charge in [-0.3, -0.25) is 0 Å². The summed E-state index contributed by atoms with van der Waals surface area (Å²) in [6, 6.07) is 14.2. The Morgan fingerprint density at radius 2 is 1.64 bits per heavy atom. The van der Waals surface area contributed by atoms with Crippen molar-refractivity contribution < 1.29 is 14.2 Å². The zero-order chi connectivity index (χ0) is 20.1. The van der Waals surface area contributed by atoms with E-state index >= 15 is 0 Å². The number of methoxy groups -OCH3 is 3. The topological polar surface area (TPSA) is 46.2 Å². The van der Waals surface area contributed by atoms with Gasteiger partial charge in [0.05, 0.1) is 27.0 Å². The summed E-state index contributed by atoms with van der Waals surface area (Å²) in [5.41, 5.74) is 2.03. The highest BCUT2D eigenvalue weighted by Gasteiger charge is 2.25. The van der Waals surface area contributed by atoms with Crippen molar-refractivity contribution in [3.63, 3.8) is 0 Å². The molecule has 0 radical (unpaired) electrons. The number of ether oxygens (including phenoxy) is 3. The molecular formula is C21H27N3O3S. The molecule has 1 aliphatic heterocycles. The van der Waals surface area contributed by atoms with E-state index in [1.165, 1.54) is 5.69 Å². The summed E-state index contributed by atoms with van der Waals surface area (Å²) in [6.07, 6.45) is 0. The van der Waals surface area contributed by atoms with Gasteiger partial charge in [0.25, 0.3) is 0 Å². The van der Waals surface area contributed by atoms with Crippen LogP contribution in [0.3, 0.4) is 0 Å². The molecule has 2 aromatic carbocycles. The molecule has 1 N–H and O–H groups in total. The molecule has 0 aliphatic carbocycles. The Kier molecular flexibility index (Phi) is 6.46. The number of piperazine rings is 1. The number of nitrogens with zero attached hydrogens (tertiary/aromatic N) is 2. The van der Waals surface area contributed by atoms with Crippen LogP contribution >= 0.6 is 12.2 Å². The summed E-state index contributed by atoms with van der Waals surface area (Å²) in [4.78, 5) is 4.59. The number of thiocarbonyl (C=S) groups is 1. The molecular weight excluding hydrogens is 374 g/mol. The largest absolute Gasteiger partial charge is 0.497 e. The minimum absolute atomic E-state index is 0.333. The molecule has 1 saturated heterocycles. The van der Waals surface area contributed by atoms with E-state index in [9.17, 15) is 0 Å². The molecule has 1 fully saturated rings. The molecule has 0 spiro atoms. The Balaban J connectivity index is 1.64. The Bertz CT molecular complexity index is 813. The number of anilines is 2. The van der Waals surface area contributed by atoms with Gasteiger partial charge in [-0.05, 0) is 55.5 Å². The molecule has 1 atom stereocenters. The Labute approximate surface area is 172 Å². The molecule has 6 nitrogen and oxygen atoms in total. The molecule has 1 aliphatic rings. The maximum absolute atomic E-state index is 5.66. The average Bonchev–Trinajstić information content (AvgIpc) is 2.74. The molecule has 150 valence electrons. The third kappa shape index (κ3) is 4.42. The van der Waals surface area contributed by atoms with Crippen molar-refractivity contribution in [2.45, 2.75) is 13.0 Å². The van der Waals surface area contributed by atoms with Gasteiger partial charge < -0.3 is 29.3 Å². The predicted molar refractivity (Wildman–Crippen MR) is 117 cm³/mol. The number of benzene rings is 2. The normalized spacial score (nSPS) is 16.5. The van der Waals surface area contributed by atoms with Crippen LogP contribution < -0.4 is 24.4 Å². The molecule has 1 heterocycles. The van der Waals surface area contributed by atoms with Crippen LogP contribution in [0.25, 0.3) is 0 Å². The van der Waals surface area contributed by atoms with E-state index in [0.29, 0.717) is 16.9 Å². The summed E-state index contributed by atoms with van der Waals surface area (Å²) in [5.74, 6) is 2.32. The van der Waals surface area contributed by atoms with E-state index in [-0.39, 0.29) is 0 Å². The van der Waals surface area contributed by atoms with Crippen LogP contribution in [0.5, 0.6) is 17.2 Å². The number of hydrogen-bond donors (Lipinski definition) is 1. The molecule has 28 heavy (non-hydrogen) atoms. The van der Waals surface area contributed by atoms with Crippen molar-refractivity contribution in [3.05, 3.63) is 42.5 Å². The van der Waals surface area contributed by atoms with E-state index in [1.807, 2.05) is 30.3 Å². The highest BCUT2D eigenvalue weighted by Crippen LogP contribution is 2.30. The molecule has 0 bridgehead atoms. The lowest BCUT2D eigenvalue weighted by Gasteiger charge is -2.42. The molecule has 7 heteroatoms. The number of rotatable bonds is 5. The van der Waals surface area contributed by atoms with Gasteiger partial charge >= 0.3 is 0 Å². The lowest BCUT2D eigenvalue weighted by Crippen LogP contribution is -2.54. The van der Waals surface area contributed by atoms with Gasteiger partial charge in [-0.2, -0.15) is 0 Å². The summed E-state index contributed by atoms with van der Waals surface area (Å²) in [5, 5.41) is 4.01. The third-order valence-corrected chi connectivity index (χ3v) is 5.33. The van der Waals surface area contributed by atoms with Gasteiger partial charge in [0.15, 0.2) is 5.11 Å². The first-order chi connectivity index (χ1) is 13.5. The Morgan fingerprint density at radius 1 is 0.964 bits per heavy atom.